The molecule has 30 nitrogen and oxygen atoms in total. The first-order chi connectivity index (χ1) is 35.5. The second kappa shape index (κ2) is 17.3. The van der Waals surface area contributed by atoms with Gasteiger partial charge in [-0.3, -0.25) is 0 Å². The van der Waals surface area contributed by atoms with E-state index >= 15 is 0 Å². The van der Waals surface area contributed by atoms with Crippen LogP contribution in [0.15, 0.2) is 249 Å². The summed E-state index contributed by atoms with van der Waals surface area (Å²) in [4.78, 5) is 0. The first-order valence-electron chi connectivity index (χ1n) is 21.4. The largest absolute Gasteiger partial charge is 0.313 e. The third-order valence-electron chi connectivity index (χ3n) is 10.6. The number of nitrogens with zero attached hydrogens (tertiary/aromatic N) is 30. The summed E-state index contributed by atoms with van der Waals surface area (Å²) >= 11 is 0. The maximum absolute atomic E-state index is 6.19. The lowest BCUT2D eigenvalue weighted by atomic mass is 10.8. The maximum Gasteiger partial charge on any atom is 0.313 e. The van der Waals surface area contributed by atoms with Crippen LogP contribution < -0.4 is 0 Å². The van der Waals surface area contributed by atoms with Crippen molar-refractivity contribution in [2.24, 2.45) is 27.1 Å². The Bertz CT molecular complexity index is 3070. The van der Waals surface area contributed by atoms with Gasteiger partial charge in [-0.25, -0.2) is 0 Å². The summed E-state index contributed by atoms with van der Waals surface area (Å²) in [6.07, 6.45) is 41.2. The summed E-state index contributed by atoms with van der Waals surface area (Å²) in [7, 11) is -25.0. The van der Waals surface area contributed by atoms with E-state index in [4.69, 9.17) is 88.3 Å². The SMILES string of the molecule is c1cnn(P2(n3cccn3)=NP(n3cccn3)(n3cccn3)=NP(n3cccn3)(n3cccn3)=NP(n3cccn3)(n3cccn3)=NP(n3cccn3)(n3cccn3)=NP(n3cccn3)(n3cccn3)=N2)c1. The fraction of sp³-hybridized carbons (Fsp3) is 0. The van der Waals surface area contributed by atoms with Crippen LogP contribution in [0.5, 0.6) is 0 Å². The fourth-order valence-corrected chi connectivity index (χ4v) is 32.6. The smallest absolute Gasteiger partial charge is 0.199 e. The Morgan fingerprint density at radius 1 is 0.153 bits per heavy atom. The van der Waals surface area contributed by atoms with E-state index in [2.05, 4.69) is 0 Å². The molecule has 1 aliphatic heterocycles. The zero-order chi connectivity index (χ0) is 48.1. The number of aromatic nitrogens is 24. The topological polar surface area (TPSA) is 288 Å². The molecule has 0 spiro atoms. The van der Waals surface area contributed by atoms with Crippen molar-refractivity contribution in [3.05, 3.63) is 222 Å². The molecule has 36 heteroatoms. The highest BCUT2D eigenvalue weighted by molar-refractivity contribution is 7.85. The third-order valence-corrected chi connectivity index (χ3v) is 31.6. The minimum absolute atomic E-state index is 1.65. The lowest BCUT2D eigenvalue weighted by Crippen LogP contribution is -2.17. The van der Waals surface area contributed by atoms with Gasteiger partial charge >= 0.3 is 45.0 Å². The first-order valence-corrected chi connectivity index (χ1v) is 31.0. The minimum Gasteiger partial charge on any atom is -0.199 e. The molecule has 72 heavy (non-hydrogen) atoms. The maximum atomic E-state index is 6.19. The van der Waals surface area contributed by atoms with E-state index in [0.717, 1.165) is 0 Å². The molecule has 0 fully saturated rings. The summed E-state index contributed by atoms with van der Waals surface area (Å²) in [6.45, 7) is 0. The molecule has 12 aromatic heterocycles. The van der Waals surface area contributed by atoms with Crippen LogP contribution in [0.3, 0.4) is 0 Å². The van der Waals surface area contributed by atoms with Crippen molar-refractivity contribution in [3.8, 4) is 0 Å². The predicted octanol–water partition coefficient (Wildman–Crippen LogP) is 8.61. The number of hydrogen-bond donors (Lipinski definition) is 0. The molecule has 12 aromatic rings. The normalized spacial score (nSPS) is 17.7. The Labute approximate surface area is 406 Å². The van der Waals surface area contributed by atoms with Gasteiger partial charge in [0.2, 0.25) is 0 Å². The van der Waals surface area contributed by atoms with Crippen molar-refractivity contribution < 1.29 is 0 Å². The van der Waals surface area contributed by atoms with E-state index in [0.29, 0.717) is 0 Å². The van der Waals surface area contributed by atoms with Crippen molar-refractivity contribution in [1.82, 2.24) is 115 Å². The molecule has 0 radical (unpaired) electrons. The standard InChI is InChI=1S/C36H36N30P6/c1-13-37-55(25-1)67(56-26-2-14-38-56)49-68(57-27-3-15-39-57,58-28-4-16-40-58)51-70(61-31-7-19-43-61,62-32-8-20-44-62)53-72(65-35-11-23-47-65,66-36-12-24-48-66)54-71(63-33-9-21-45-63,64-34-10-22-46-64)52-69(50-67,59-29-5-17-41-59)60-30-6-18-42-60/h1-36H. The van der Waals surface area contributed by atoms with Crippen LogP contribution in [0.4, 0.5) is 0 Å². The second-order valence-electron chi connectivity index (χ2n) is 14.9. The van der Waals surface area contributed by atoms with Gasteiger partial charge in [0.05, 0.1) is 0 Å². The van der Waals surface area contributed by atoms with Crippen molar-refractivity contribution >= 4 is 45.0 Å². The Balaban J connectivity index is 1.45. The van der Waals surface area contributed by atoms with Crippen molar-refractivity contribution in [1.29, 1.82) is 0 Å². The Hall–Kier alpha value is -8.10. The van der Waals surface area contributed by atoms with Gasteiger partial charge in [-0.2, -0.15) is 142 Å². The molecule has 0 atom stereocenters. The molecule has 360 valence electrons. The number of hydrogen-bond acceptors (Lipinski definition) is 18. The van der Waals surface area contributed by atoms with E-state index in [-0.39, 0.29) is 0 Å². The zero-order valence-electron chi connectivity index (χ0n) is 36.9. The molecule has 0 unspecified atom stereocenters. The molecule has 0 saturated carbocycles. The zero-order valence-corrected chi connectivity index (χ0v) is 42.3. The molecule has 13 heterocycles. The molecule has 1 aliphatic rings. The monoisotopic (exact) mass is 1070 g/mol. The molecule has 0 amide bonds. The lowest BCUT2D eigenvalue weighted by molar-refractivity contribution is 0.849. The molecule has 0 N–H and O–H groups in total. The number of rotatable bonds is 12. The van der Waals surface area contributed by atoms with Gasteiger partial charge in [0.15, 0.2) is 0 Å². The first kappa shape index (κ1) is 43.9. The van der Waals surface area contributed by atoms with Crippen LogP contribution in [0.25, 0.3) is 0 Å². The highest BCUT2D eigenvalue weighted by atomic mass is 31.3. The lowest BCUT2D eigenvalue weighted by Gasteiger charge is -2.35. The highest BCUT2D eigenvalue weighted by Gasteiger charge is 2.48. The summed E-state index contributed by atoms with van der Waals surface area (Å²) in [6, 6.07) is 21.5. The summed E-state index contributed by atoms with van der Waals surface area (Å²) in [5, 5.41) is 59.9. The van der Waals surface area contributed by atoms with Gasteiger partial charge < -0.3 is 0 Å². The van der Waals surface area contributed by atoms with Crippen LogP contribution in [0.2, 0.25) is 0 Å². The molecular weight excluding hydrogens is 1040 g/mol. The van der Waals surface area contributed by atoms with Crippen LogP contribution in [0, 0.1) is 0 Å². The highest BCUT2D eigenvalue weighted by Crippen LogP contribution is 2.80. The molecule has 0 aliphatic carbocycles. The van der Waals surface area contributed by atoms with Crippen molar-refractivity contribution in [2.75, 3.05) is 0 Å². The van der Waals surface area contributed by atoms with Crippen LogP contribution >= 0.6 is 45.0 Å². The predicted molar refractivity (Wildman–Crippen MR) is 268 cm³/mol. The Morgan fingerprint density at radius 2 is 0.250 bits per heavy atom. The quantitative estimate of drug-likeness (QED) is 0.104. The van der Waals surface area contributed by atoms with Gasteiger partial charge in [-0.15, -0.1) is 0 Å². The van der Waals surface area contributed by atoms with Gasteiger partial charge in [-0.05, 0) is 72.8 Å². The van der Waals surface area contributed by atoms with Crippen LogP contribution in [-0.2, 0) is 0 Å². The minimum atomic E-state index is -4.17. The van der Waals surface area contributed by atoms with E-state index < -0.39 is 45.0 Å². The van der Waals surface area contributed by atoms with Gasteiger partial charge in [0, 0.05) is 149 Å². The Morgan fingerprint density at radius 3 is 0.319 bits per heavy atom. The van der Waals surface area contributed by atoms with E-state index in [1.807, 2.05) is 0 Å². The molecule has 0 aromatic carbocycles. The average Bonchev–Trinajstić information content (AvgIpc) is 4.23. The third kappa shape index (κ3) is 6.79. The van der Waals surface area contributed by atoms with Crippen molar-refractivity contribution in [3.63, 3.8) is 0 Å². The Kier molecular flexibility index (Phi) is 10.6. The molecule has 13 rings (SSSR count). The second-order valence-corrected chi connectivity index (χ2v) is 30.5. The van der Waals surface area contributed by atoms with E-state index in [9.17, 15) is 0 Å². The average molecular weight is 1070 g/mol. The molecular formula is C36H36N30P6. The molecule has 0 bridgehead atoms. The van der Waals surface area contributed by atoms with Gasteiger partial charge in [0.25, 0.3) is 0 Å². The molecule has 0 saturated heterocycles. The van der Waals surface area contributed by atoms with E-state index in [1.54, 1.807) is 275 Å². The van der Waals surface area contributed by atoms with Crippen LogP contribution in [-0.4, -0.2) is 115 Å². The summed E-state index contributed by atoms with van der Waals surface area (Å²) in [5.74, 6) is 0. The van der Waals surface area contributed by atoms with Crippen LogP contribution in [0.1, 0.15) is 0 Å². The fourth-order valence-electron chi connectivity index (χ4n) is 7.65. The van der Waals surface area contributed by atoms with Gasteiger partial charge in [0.1, 0.15) is 0 Å². The van der Waals surface area contributed by atoms with E-state index in [1.165, 1.54) is 0 Å². The van der Waals surface area contributed by atoms with Gasteiger partial charge in [-0.1, -0.05) is 0 Å². The summed E-state index contributed by atoms with van der Waals surface area (Å²) < 4.78 is 57.3. The van der Waals surface area contributed by atoms with Crippen molar-refractivity contribution in [2.45, 2.75) is 0 Å². The summed E-state index contributed by atoms with van der Waals surface area (Å²) in [5.41, 5.74) is 0.